The summed E-state index contributed by atoms with van der Waals surface area (Å²) in [5.41, 5.74) is 0.708. The molecule has 1 saturated carbocycles. The fourth-order valence-electron chi connectivity index (χ4n) is 3.28. The van der Waals surface area contributed by atoms with E-state index in [0.29, 0.717) is 24.7 Å². The summed E-state index contributed by atoms with van der Waals surface area (Å²) in [5, 5.41) is 0. The number of nitrogens with zero attached hydrogens (tertiary/aromatic N) is 2. The molecule has 1 aromatic rings. The number of hydrogen-bond donors (Lipinski definition) is 1. The lowest BCUT2D eigenvalue weighted by atomic mass is 9.98. The average Bonchev–Trinajstić information content (AvgIpc) is 3.31. The summed E-state index contributed by atoms with van der Waals surface area (Å²) in [5.74, 6) is 1.24. The molecule has 0 bridgehead atoms. The number of sulfonamides is 1. The Balaban J connectivity index is 1.44. The van der Waals surface area contributed by atoms with Gasteiger partial charge in [-0.3, -0.25) is 9.78 Å². The quantitative estimate of drug-likeness (QED) is 0.840. The maximum atomic E-state index is 12.2. The summed E-state index contributed by atoms with van der Waals surface area (Å²) in [7, 11) is -3.32. The number of pyridine rings is 1. The Morgan fingerprint density at radius 1 is 1.33 bits per heavy atom. The molecule has 1 aromatic heterocycles. The van der Waals surface area contributed by atoms with Crippen LogP contribution in [0.3, 0.4) is 0 Å². The van der Waals surface area contributed by atoms with Crippen molar-refractivity contribution in [2.45, 2.75) is 32.7 Å². The molecular formula is C17H25N3O3S. The number of likely N-dealkylation sites (tertiary alicyclic amines) is 1. The zero-order valence-corrected chi connectivity index (χ0v) is 14.8. The highest BCUT2D eigenvalue weighted by molar-refractivity contribution is 7.89. The molecule has 24 heavy (non-hydrogen) atoms. The van der Waals surface area contributed by atoms with Crippen LogP contribution >= 0.6 is 0 Å². The topological polar surface area (TPSA) is 79.4 Å². The van der Waals surface area contributed by atoms with Gasteiger partial charge in [-0.1, -0.05) is 13.0 Å². The lowest BCUT2D eigenvalue weighted by Crippen LogP contribution is -2.42. The number of nitrogens with one attached hydrogen (secondary N) is 1. The predicted octanol–water partition coefficient (Wildman–Crippen LogP) is 1.40. The van der Waals surface area contributed by atoms with Crippen LogP contribution in [0.1, 0.15) is 31.9 Å². The van der Waals surface area contributed by atoms with E-state index in [-0.39, 0.29) is 30.0 Å². The first kappa shape index (κ1) is 17.4. The fraction of sp³-hybridized carbons (Fsp3) is 0.647. The van der Waals surface area contributed by atoms with E-state index in [0.717, 1.165) is 19.3 Å². The second-order valence-corrected chi connectivity index (χ2v) is 8.86. The maximum absolute atomic E-state index is 12.2. The number of hydrogen-bond acceptors (Lipinski definition) is 4. The van der Waals surface area contributed by atoms with Crippen LogP contribution in [0.2, 0.25) is 0 Å². The van der Waals surface area contributed by atoms with Gasteiger partial charge in [0.25, 0.3) is 0 Å². The van der Waals surface area contributed by atoms with Crippen LogP contribution in [0.15, 0.2) is 24.4 Å². The molecule has 1 N–H and O–H groups in total. The summed E-state index contributed by atoms with van der Waals surface area (Å²) in [6.07, 6.45) is 4.18. The third kappa shape index (κ3) is 4.54. The summed E-state index contributed by atoms with van der Waals surface area (Å²) in [4.78, 5) is 18.2. The standard InChI is InChI=1S/C17H25N3O3S/c1-13-10-16(13)17(21)20-8-5-14(6-9-20)12-24(22,23)19-11-15-4-2-3-7-18-15/h2-4,7,13-14,16,19H,5-6,8-12H2,1H3. The van der Waals surface area contributed by atoms with Crippen molar-refractivity contribution in [2.24, 2.45) is 17.8 Å². The third-order valence-corrected chi connectivity index (χ3v) is 6.50. The zero-order valence-electron chi connectivity index (χ0n) is 14.0. The molecule has 1 aliphatic heterocycles. The number of piperidine rings is 1. The molecule has 132 valence electrons. The molecule has 7 heteroatoms. The first-order chi connectivity index (χ1) is 11.4. The minimum absolute atomic E-state index is 0.118. The van der Waals surface area contributed by atoms with Gasteiger partial charge in [0.05, 0.1) is 18.0 Å². The Kier molecular flexibility index (Phi) is 5.20. The van der Waals surface area contributed by atoms with Gasteiger partial charge < -0.3 is 4.90 Å². The third-order valence-electron chi connectivity index (χ3n) is 5.01. The van der Waals surface area contributed by atoms with E-state index >= 15 is 0 Å². The molecule has 1 amide bonds. The molecule has 0 radical (unpaired) electrons. The lowest BCUT2D eigenvalue weighted by molar-refractivity contribution is -0.134. The molecular weight excluding hydrogens is 326 g/mol. The highest BCUT2D eigenvalue weighted by Gasteiger charge is 2.42. The van der Waals surface area contributed by atoms with Crippen molar-refractivity contribution in [3.05, 3.63) is 30.1 Å². The molecule has 1 saturated heterocycles. The van der Waals surface area contributed by atoms with Gasteiger partial charge in [-0.2, -0.15) is 0 Å². The van der Waals surface area contributed by atoms with Crippen molar-refractivity contribution in [3.8, 4) is 0 Å². The van der Waals surface area contributed by atoms with Gasteiger partial charge in [0.2, 0.25) is 15.9 Å². The van der Waals surface area contributed by atoms with Crippen LogP contribution in [0.5, 0.6) is 0 Å². The van der Waals surface area contributed by atoms with Gasteiger partial charge in [-0.05, 0) is 43.2 Å². The van der Waals surface area contributed by atoms with Crippen LogP contribution in [0, 0.1) is 17.8 Å². The Bertz CT molecular complexity index is 670. The van der Waals surface area contributed by atoms with Gasteiger partial charge in [-0.15, -0.1) is 0 Å². The first-order valence-electron chi connectivity index (χ1n) is 8.60. The van der Waals surface area contributed by atoms with Gasteiger partial charge in [-0.25, -0.2) is 13.1 Å². The van der Waals surface area contributed by atoms with Gasteiger partial charge in [0.15, 0.2) is 0 Å². The number of amides is 1. The smallest absolute Gasteiger partial charge is 0.225 e. The monoisotopic (exact) mass is 351 g/mol. The number of rotatable bonds is 6. The maximum Gasteiger partial charge on any atom is 0.225 e. The van der Waals surface area contributed by atoms with E-state index in [4.69, 9.17) is 0 Å². The highest BCUT2D eigenvalue weighted by atomic mass is 32.2. The second kappa shape index (κ2) is 7.19. The van der Waals surface area contributed by atoms with Gasteiger partial charge in [0, 0.05) is 25.2 Å². The predicted molar refractivity (Wildman–Crippen MR) is 91.4 cm³/mol. The van der Waals surface area contributed by atoms with E-state index in [2.05, 4.69) is 16.6 Å². The Morgan fingerprint density at radius 2 is 2.04 bits per heavy atom. The van der Waals surface area contributed by atoms with E-state index < -0.39 is 10.0 Å². The van der Waals surface area contributed by atoms with Crippen molar-refractivity contribution in [1.29, 1.82) is 0 Å². The number of carbonyl (C=O) groups is 1. The Labute approximate surface area is 143 Å². The summed E-state index contributed by atoms with van der Waals surface area (Å²) >= 11 is 0. The molecule has 1 aliphatic carbocycles. The van der Waals surface area contributed by atoms with Crippen LogP contribution in [0.4, 0.5) is 0 Å². The summed E-state index contributed by atoms with van der Waals surface area (Å²) in [6, 6.07) is 5.44. The molecule has 2 atom stereocenters. The van der Waals surface area contributed by atoms with Crippen LogP contribution in [0.25, 0.3) is 0 Å². The lowest BCUT2D eigenvalue weighted by Gasteiger charge is -2.32. The van der Waals surface area contributed by atoms with E-state index in [9.17, 15) is 13.2 Å². The minimum atomic E-state index is -3.32. The number of carbonyl (C=O) groups excluding carboxylic acids is 1. The van der Waals surface area contributed by atoms with E-state index in [1.807, 2.05) is 11.0 Å². The van der Waals surface area contributed by atoms with Crippen LogP contribution in [-0.4, -0.2) is 43.1 Å². The van der Waals surface area contributed by atoms with Crippen molar-refractivity contribution in [2.75, 3.05) is 18.8 Å². The van der Waals surface area contributed by atoms with E-state index in [1.54, 1.807) is 18.3 Å². The molecule has 3 rings (SSSR count). The molecule has 2 heterocycles. The van der Waals surface area contributed by atoms with Crippen molar-refractivity contribution in [3.63, 3.8) is 0 Å². The zero-order chi connectivity index (χ0) is 17.2. The highest BCUT2D eigenvalue weighted by Crippen LogP contribution is 2.39. The van der Waals surface area contributed by atoms with Gasteiger partial charge in [0.1, 0.15) is 0 Å². The number of aromatic nitrogens is 1. The normalized spacial score (nSPS) is 24.8. The molecule has 0 aromatic carbocycles. The second-order valence-electron chi connectivity index (χ2n) is 7.01. The molecule has 2 fully saturated rings. The Morgan fingerprint density at radius 3 is 2.62 bits per heavy atom. The SMILES string of the molecule is CC1CC1C(=O)N1CCC(CS(=O)(=O)NCc2ccccn2)CC1. The van der Waals surface area contributed by atoms with Crippen LogP contribution in [-0.2, 0) is 21.4 Å². The minimum Gasteiger partial charge on any atom is -0.342 e. The van der Waals surface area contributed by atoms with Crippen LogP contribution < -0.4 is 4.72 Å². The van der Waals surface area contributed by atoms with Crippen molar-refractivity contribution < 1.29 is 13.2 Å². The Hall–Kier alpha value is -1.47. The van der Waals surface area contributed by atoms with Crippen molar-refractivity contribution >= 4 is 15.9 Å². The first-order valence-corrected chi connectivity index (χ1v) is 10.3. The fourth-order valence-corrected chi connectivity index (χ4v) is 4.72. The van der Waals surface area contributed by atoms with Crippen molar-refractivity contribution in [1.82, 2.24) is 14.6 Å². The average molecular weight is 351 g/mol. The molecule has 0 spiro atoms. The summed E-state index contributed by atoms with van der Waals surface area (Å²) < 4.78 is 27.1. The largest absolute Gasteiger partial charge is 0.342 e. The summed E-state index contributed by atoms with van der Waals surface area (Å²) in [6.45, 7) is 3.69. The molecule has 6 nitrogen and oxygen atoms in total. The van der Waals surface area contributed by atoms with Gasteiger partial charge >= 0.3 is 0 Å². The van der Waals surface area contributed by atoms with E-state index in [1.165, 1.54) is 0 Å². The molecule has 2 aliphatic rings. The molecule has 2 unspecified atom stereocenters.